The van der Waals surface area contributed by atoms with Gasteiger partial charge in [0.2, 0.25) is 0 Å². The molecule has 0 fully saturated rings. The first kappa shape index (κ1) is 7.06. The van der Waals surface area contributed by atoms with Crippen molar-refractivity contribution >= 4 is 5.69 Å². The second-order valence-electron chi connectivity index (χ2n) is 1.95. The van der Waals surface area contributed by atoms with Gasteiger partial charge in [-0.05, 0) is 25.1 Å². The highest BCUT2D eigenvalue weighted by atomic mass is 19.1. The Hall–Kier alpha value is -1.05. The van der Waals surface area contributed by atoms with Crippen LogP contribution in [0.3, 0.4) is 0 Å². The molecular formula is C8H9FN. The fourth-order valence-electron chi connectivity index (χ4n) is 0.757. The van der Waals surface area contributed by atoms with Crippen LogP contribution in [0.1, 0.15) is 6.92 Å². The standard InChI is InChI=1S/C8H9FN/c1-2-10-8-5-3-4-7(9)6-8/h3-6H,2H2,1H3. The van der Waals surface area contributed by atoms with Crippen molar-refractivity contribution in [1.29, 1.82) is 0 Å². The Morgan fingerprint density at radius 1 is 1.50 bits per heavy atom. The van der Waals surface area contributed by atoms with Crippen LogP contribution in [0.15, 0.2) is 24.3 Å². The van der Waals surface area contributed by atoms with E-state index in [4.69, 9.17) is 0 Å². The Morgan fingerprint density at radius 3 is 2.90 bits per heavy atom. The van der Waals surface area contributed by atoms with Gasteiger partial charge in [-0.15, -0.1) is 0 Å². The fourth-order valence-corrected chi connectivity index (χ4v) is 0.757. The lowest BCUT2D eigenvalue weighted by Crippen LogP contribution is -1.94. The van der Waals surface area contributed by atoms with Crippen molar-refractivity contribution in [3.63, 3.8) is 0 Å². The highest BCUT2D eigenvalue weighted by Crippen LogP contribution is 2.07. The maximum Gasteiger partial charge on any atom is 0.125 e. The van der Waals surface area contributed by atoms with Crippen LogP contribution < -0.4 is 5.32 Å². The molecule has 0 heterocycles. The Balaban J connectivity index is 2.75. The number of hydrogen-bond donors (Lipinski definition) is 0. The number of hydrogen-bond acceptors (Lipinski definition) is 0. The molecule has 1 nitrogen and oxygen atoms in total. The minimum Gasteiger partial charge on any atom is -0.286 e. The third kappa shape index (κ3) is 1.72. The van der Waals surface area contributed by atoms with Crippen LogP contribution in [0, 0.1) is 5.82 Å². The molecule has 0 aliphatic rings. The predicted octanol–water partition coefficient (Wildman–Crippen LogP) is 2.08. The quantitative estimate of drug-likeness (QED) is 0.594. The lowest BCUT2D eigenvalue weighted by atomic mass is 10.3. The van der Waals surface area contributed by atoms with Gasteiger partial charge in [0.1, 0.15) is 5.82 Å². The summed E-state index contributed by atoms with van der Waals surface area (Å²) in [6.45, 7) is 2.62. The SMILES string of the molecule is CC[N]c1cccc(F)c1. The van der Waals surface area contributed by atoms with E-state index in [9.17, 15) is 4.39 Å². The van der Waals surface area contributed by atoms with Gasteiger partial charge in [-0.2, -0.15) is 0 Å². The molecule has 0 unspecified atom stereocenters. The minimum absolute atomic E-state index is 0.227. The van der Waals surface area contributed by atoms with Crippen molar-refractivity contribution in [2.75, 3.05) is 6.54 Å². The number of rotatable bonds is 2. The molecule has 1 radical (unpaired) electrons. The highest BCUT2D eigenvalue weighted by molar-refractivity contribution is 5.35. The van der Waals surface area contributed by atoms with Crippen LogP contribution in [0.4, 0.5) is 10.1 Å². The molecule has 1 rings (SSSR count). The van der Waals surface area contributed by atoms with Gasteiger partial charge in [-0.25, -0.2) is 4.39 Å². The summed E-state index contributed by atoms with van der Waals surface area (Å²) in [6.07, 6.45) is 0. The molecule has 10 heavy (non-hydrogen) atoms. The summed E-state index contributed by atoms with van der Waals surface area (Å²) in [7, 11) is 0. The minimum atomic E-state index is -0.227. The molecule has 0 spiro atoms. The molecule has 0 aromatic heterocycles. The summed E-state index contributed by atoms with van der Waals surface area (Å²) in [5.74, 6) is -0.227. The average Bonchev–Trinajstić information content (AvgIpc) is 1.88. The Morgan fingerprint density at radius 2 is 2.30 bits per heavy atom. The van der Waals surface area contributed by atoms with Gasteiger partial charge in [0.25, 0.3) is 0 Å². The highest BCUT2D eigenvalue weighted by Gasteiger charge is 1.91. The molecule has 0 bridgehead atoms. The molecule has 0 saturated carbocycles. The smallest absolute Gasteiger partial charge is 0.125 e. The first-order valence-corrected chi connectivity index (χ1v) is 3.26. The van der Waals surface area contributed by atoms with Crippen molar-refractivity contribution in [1.82, 2.24) is 5.32 Å². The maximum absolute atomic E-state index is 12.4. The fraction of sp³-hybridized carbons (Fsp3) is 0.250. The van der Waals surface area contributed by atoms with E-state index in [-0.39, 0.29) is 5.82 Å². The Bertz CT molecular complexity index is 210. The molecule has 0 N–H and O–H groups in total. The first-order chi connectivity index (χ1) is 4.83. The summed E-state index contributed by atoms with van der Waals surface area (Å²) < 4.78 is 12.4. The van der Waals surface area contributed by atoms with Crippen LogP contribution in [-0.2, 0) is 0 Å². The van der Waals surface area contributed by atoms with Crippen LogP contribution in [0.5, 0.6) is 0 Å². The zero-order valence-corrected chi connectivity index (χ0v) is 5.84. The van der Waals surface area contributed by atoms with Crippen LogP contribution in [-0.4, -0.2) is 6.54 Å². The Labute approximate surface area is 59.9 Å². The maximum atomic E-state index is 12.4. The molecule has 1 aromatic rings. The molecule has 0 amide bonds. The molecule has 53 valence electrons. The third-order valence-corrected chi connectivity index (χ3v) is 1.15. The zero-order chi connectivity index (χ0) is 7.40. The number of halogens is 1. The van der Waals surface area contributed by atoms with E-state index in [1.165, 1.54) is 12.1 Å². The molecule has 0 aliphatic heterocycles. The predicted molar refractivity (Wildman–Crippen MR) is 38.7 cm³/mol. The summed E-state index contributed by atoms with van der Waals surface area (Å²) in [5.41, 5.74) is 0.711. The van der Waals surface area contributed by atoms with Crippen molar-refractivity contribution in [2.24, 2.45) is 0 Å². The lowest BCUT2D eigenvalue weighted by Gasteiger charge is -1.97. The summed E-state index contributed by atoms with van der Waals surface area (Å²) in [4.78, 5) is 0. The van der Waals surface area contributed by atoms with E-state index in [0.717, 1.165) is 0 Å². The van der Waals surface area contributed by atoms with E-state index in [0.29, 0.717) is 12.2 Å². The summed E-state index contributed by atoms with van der Waals surface area (Å²) in [5, 5.41) is 4.03. The van der Waals surface area contributed by atoms with Crippen molar-refractivity contribution in [3.8, 4) is 0 Å². The number of nitrogens with zero attached hydrogens (tertiary/aromatic N) is 1. The largest absolute Gasteiger partial charge is 0.286 e. The third-order valence-electron chi connectivity index (χ3n) is 1.15. The summed E-state index contributed by atoms with van der Waals surface area (Å²) >= 11 is 0. The molecule has 0 saturated heterocycles. The van der Waals surface area contributed by atoms with Gasteiger partial charge in [0.05, 0.1) is 5.69 Å². The second-order valence-corrected chi connectivity index (χ2v) is 1.95. The lowest BCUT2D eigenvalue weighted by molar-refractivity contribution is 0.626. The molecule has 2 heteroatoms. The van der Waals surface area contributed by atoms with E-state index in [2.05, 4.69) is 5.32 Å². The van der Waals surface area contributed by atoms with E-state index >= 15 is 0 Å². The molecule has 1 aromatic carbocycles. The van der Waals surface area contributed by atoms with Crippen molar-refractivity contribution in [3.05, 3.63) is 30.1 Å². The van der Waals surface area contributed by atoms with Crippen LogP contribution >= 0.6 is 0 Å². The van der Waals surface area contributed by atoms with Gasteiger partial charge in [0.15, 0.2) is 0 Å². The van der Waals surface area contributed by atoms with Gasteiger partial charge in [0, 0.05) is 6.54 Å². The van der Waals surface area contributed by atoms with Crippen molar-refractivity contribution in [2.45, 2.75) is 6.92 Å². The van der Waals surface area contributed by atoms with Gasteiger partial charge < -0.3 is 0 Å². The summed E-state index contributed by atoms with van der Waals surface area (Å²) in [6, 6.07) is 6.27. The van der Waals surface area contributed by atoms with Gasteiger partial charge in [-0.1, -0.05) is 6.07 Å². The molecule has 0 atom stereocenters. The van der Waals surface area contributed by atoms with E-state index in [1.807, 2.05) is 6.92 Å². The second kappa shape index (κ2) is 3.20. The average molecular weight is 138 g/mol. The monoisotopic (exact) mass is 138 g/mol. The first-order valence-electron chi connectivity index (χ1n) is 3.26. The number of benzene rings is 1. The molecule has 0 aliphatic carbocycles. The molecular weight excluding hydrogens is 129 g/mol. The van der Waals surface area contributed by atoms with Crippen LogP contribution in [0.25, 0.3) is 0 Å². The van der Waals surface area contributed by atoms with Crippen LogP contribution in [0.2, 0.25) is 0 Å². The zero-order valence-electron chi connectivity index (χ0n) is 5.84. The van der Waals surface area contributed by atoms with E-state index < -0.39 is 0 Å². The van der Waals surface area contributed by atoms with Crippen molar-refractivity contribution < 1.29 is 4.39 Å². The van der Waals surface area contributed by atoms with Gasteiger partial charge in [-0.3, -0.25) is 5.32 Å². The normalized spacial score (nSPS) is 9.40. The Kier molecular flexibility index (Phi) is 2.26. The van der Waals surface area contributed by atoms with Gasteiger partial charge >= 0.3 is 0 Å². The topological polar surface area (TPSA) is 14.1 Å². The van der Waals surface area contributed by atoms with E-state index in [1.54, 1.807) is 12.1 Å².